The second-order valence-corrected chi connectivity index (χ2v) is 4.67. The molecule has 1 aromatic rings. The average molecular weight is 323 g/mol. The van der Waals surface area contributed by atoms with Crippen molar-refractivity contribution in [2.45, 2.75) is 19.3 Å². The third-order valence-corrected chi connectivity index (χ3v) is 3.43. The Morgan fingerprint density at radius 2 is 2.17 bits per heavy atom. The van der Waals surface area contributed by atoms with Crippen molar-refractivity contribution >= 4 is 40.6 Å². The quantitative estimate of drug-likeness (QED) is 0.866. The molecule has 0 radical (unpaired) electrons. The number of nitrogens with one attached hydrogen (secondary N) is 1. The topological polar surface area (TPSA) is 51.2 Å². The van der Waals surface area contributed by atoms with Crippen molar-refractivity contribution in [3.05, 3.63) is 15.1 Å². The van der Waals surface area contributed by atoms with Crippen molar-refractivity contribution in [1.29, 1.82) is 0 Å². The summed E-state index contributed by atoms with van der Waals surface area (Å²) in [6.45, 7) is -0.189. The maximum atomic E-state index is 11.9. The van der Waals surface area contributed by atoms with E-state index in [1.807, 2.05) is 0 Å². The van der Waals surface area contributed by atoms with E-state index in [2.05, 4.69) is 14.4 Å². The highest BCUT2D eigenvalue weighted by molar-refractivity contribution is 7.09. The van der Waals surface area contributed by atoms with Crippen molar-refractivity contribution in [2.75, 3.05) is 6.61 Å². The normalized spacial score (nSPS) is 13.4. The number of amides is 1. The summed E-state index contributed by atoms with van der Waals surface area (Å²) in [5, 5.41) is 2.12. The first kappa shape index (κ1) is 15.5. The third-order valence-electron chi connectivity index (χ3n) is 1.64. The number of carbonyl (C=O) groups is 1. The molecule has 0 aromatic carbocycles. The Morgan fingerprint density at radius 3 is 2.61 bits per heavy atom. The highest BCUT2D eigenvalue weighted by atomic mass is 35.5. The summed E-state index contributed by atoms with van der Waals surface area (Å²) in [5.41, 5.74) is 0. The summed E-state index contributed by atoms with van der Waals surface area (Å²) in [6.07, 6.45) is -5.57. The van der Waals surface area contributed by atoms with Gasteiger partial charge in [-0.2, -0.15) is 17.5 Å². The predicted octanol–water partition coefficient (Wildman–Crippen LogP) is 3.10. The predicted molar refractivity (Wildman–Crippen MR) is 61.1 cm³/mol. The number of halogens is 5. The Bertz CT molecular complexity index is 438. The molecule has 0 aliphatic rings. The van der Waals surface area contributed by atoms with Crippen LogP contribution in [-0.2, 0) is 4.74 Å². The molecule has 0 aliphatic carbocycles. The molecule has 1 rings (SSSR count). The summed E-state index contributed by atoms with van der Waals surface area (Å²) in [5.74, 6) is -0.695. The molecule has 0 saturated carbocycles. The lowest BCUT2D eigenvalue weighted by molar-refractivity contribution is -0.185. The van der Waals surface area contributed by atoms with E-state index in [-0.39, 0.29) is 15.1 Å². The molecule has 1 unspecified atom stereocenters. The fourth-order valence-corrected chi connectivity index (χ4v) is 2.03. The van der Waals surface area contributed by atoms with E-state index in [0.29, 0.717) is 0 Å². The summed E-state index contributed by atoms with van der Waals surface area (Å²) in [4.78, 5) is 11.6. The van der Waals surface area contributed by atoms with Crippen LogP contribution in [0.25, 0.3) is 0 Å². The Kier molecular flexibility index (Phi) is 5.20. The second-order valence-electron chi connectivity index (χ2n) is 3.16. The van der Waals surface area contributed by atoms with E-state index < -0.39 is 24.9 Å². The SMILES string of the molecule is CC(NC(=O)c1snc(Cl)c1Cl)OCC(F)(F)F. The summed E-state index contributed by atoms with van der Waals surface area (Å²) in [7, 11) is 0. The van der Waals surface area contributed by atoms with E-state index in [9.17, 15) is 18.0 Å². The first-order valence-corrected chi connectivity index (χ1v) is 6.03. The maximum absolute atomic E-state index is 11.9. The second kappa shape index (κ2) is 6.05. The zero-order valence-corrected chi connectivity index (χ0v) is 11.2. The number of hydrogen-bond acceptors (Lipinski definition) is 4. The summed E-state index contributed by atoms with van der Waals surface area (Å²) >= 11 is 12.0. The standard InChI is InChI=1S/C8H7Cl2F3N2O2S/c1-3(17-2-8(11,12)13)14-7(16)5-4(9)6(10)15-18-5/h3H,2H2,1H3,(H,14,16). The van der Waals surface area contributed by atoms with Crippen molar-refractivity contribution in [3.63, 3.8) is 0 Å². The first-order valence-electron chi connectivity index (χ1n) is 4.50. The van der Waals surface area contributed by atoms with Crippen molar-refractivity contribution in [3.8, 4) is 0 Å². The Balaban J connectivity index is 2.52. The van der Waals surface area contributed by atoms with E-state index in [0.717, 1.165) is 11.5 Å². The van der Waals surface area contributed by atoms with Crippen LogP contribution in [0.4, 0.5) is 13.2 Å². The van der Waals surface area contributed by atoms with Gasteiger partial charge < -0.3 is 10.1 Å². The van der Waals surface area contributed by atoms with Gasteiger partial charge in [-0.25, -0.2) is 0 Å². The van der Waals surface area contributed by atoms with Crippen molar-refractivity contribution < 1.29 is 22.7 Å². The lowest BCUT2D eigenvalue weighted by Gasteiger charge is -2.15. The van der Waals surface area contributed by atoms with Crippen LogP contribution in [0, 0.1) is 0 Å². The number of carbonyl (C=O) groups excluding carboxylic acids is 1. The Labute approximate surface area is 114 Å². The van der Waals surface area contributed by atoms with Crippen LogP contribution in [0.2, 0.25) is 10.2 Å². The van der Waals surface area contributed by atoms with Gasteiger partial charge in [0.1, 0.15) is 22.7 Å². The lowest BCUT2D eigenvalue weighted by atomic mass is 10.4. The van der Waals surface area contributed by atoms with Gasteiger partial charge in [0.05, 0.1) is 0 Å². The number of hydrogen-bond donors (Lipinski definition) is 1. The lowest BCUT2D eigenvalue weighted by Crippen LogP contribution is -2.36. The molecule has 1 amide bonds. The molecule has 0 bridgehead atoms. The van der Waals surface area contributed by atoms with Gasteiger partial charge in [-0.3, -0.25) is 4.79 Å². The van der Waals surface area contributed by atoms with Gasteiger partial charge in [0.2, 0.25) is 0 Å². The molecule has 1 N–H and O–H groups in total. The molecule has 0 aliphatic heterocycles. The maximum Gasteiger partial charge on any atom is 0.411 e. The van der Waals surface area contributed by atoms with Crippen molar-refractivity contribution in [2.24, 2.45) is 0 Å². The van der Waals surface area contributed by atoms with E-state index >= 15 is 0 Å². The fraction of sp³-hybridized carbons (Fsp3) is 0.500. The van der Waals surface area contributed by atoms with Crippen molar-refractivity contribution in [1.82, 2.24) is 9.69 Å². The minimum absolute atomic E-state index is 0.0177. The number of aromatic nitrogens is 1. The molecule has 0 saturated heterocycles. The smallest absolute Gasteiger partial charge is 0.349 e. The van der Waals surface area contributed by atoms with Crippen LogP contribution in [-0.4, -0.2) is 29.3 Å². The molecule has 1 heterocycles. The van der Waals surface area contributed by atoms with Gasteiger partial charge in [0.15, 0.2) is 5.15 Å². The van der Waals surface area contributed by atoms with Crippen LogP contribution < -0.4 is 5.32 Å². The Morgan fingerprint density at radius 1 is 1.56 bits per heavy atom. The molecule has 0 fully saturated rings. The van der Waals surface area contributed by atoms with Gasteiger partial charge in [-0.15, -0.1) is 0 Å². The van der Waals surface area contributed by atoms with Crippen LogP contribution in [0.1, 0.15) is 16.6 Å². The minimum Gasteiger partial charge on any atom is -0.349 e. The number of nitrogens with zero attached hydrogens (tertiary/aromatic N) is 1. The van der Waals surface area contributed by atoms with E-state index in [1.165, 1.54) is 6.92 Å². The Hall–Kier alpha value is -0.570. The summed E-state index contributed by atoms with van der Waals surface area (Å²) in [6, 6.07) is 0. The fourth-order valence-electron chi connectivity index (χ4n) is 0.912. The molecule has 1 aromatic heterocycles. The van der Waals surface area contributed by atoms with Gasteiger partial charge >= 0.3 is 6.18 Å². The number of alkyl halides is 3. The molecular formula is C8H7Cl2F3N2O2S. The zero-order chi connectivity index (χ0) is 13.9. The van der Waals surface area contributed by atoms with Crippen LogP contribution in [0.5, 0.6) is 0 Å². The number of ether oxygens (including phenoxy) is 1. The third kappa shape index (κ3) is 4.60. The average Bonchev–Trinajstić information content (AvgIpc) is 2.56. The number of rotatable bonds is 4. The molecule has 10 heteroatoms. The van der Waals surface area contributed by atoms with Gasteiger partial charge in [-0.05, 0) is 18.5 Å². The molecule has 0 spiro atoms. The monoisotopic (exact) mass is 322 g/mol. The van der Waals surface area contributed by atoms with Gasteiger partial charge in [-0.1, -0.05) is 23.2 Å². The van der Waals surface area contributed by atoms with Crippen LogP contribution >= 0.6 is 34.7 Å². The van der Waals surface area contributed by atoms with E-state index in [1.54, 1.807) is 0 Å². The van der Waals surface area contributed by atoms with Crippen LogP contribution in [0.15, 0.2) is 0 Å². The highest BCUT2D eigenvalue weighted by Gasteiger charge is 2.29. The van der Waals surface area contributed by atoms with Gasteiger partial charge in [0, 0.05) is 0 Å². The largest absolute Gasteiger partial charge is 0.411 e. The van der Waals surface area contributed by atoms with Gasteiger partial charge in [0.25, 0.3) is 5.91 Å². The zero-order valence-electron chi connectivity index (χ0n) is 8.85. The minimum atomic E-state index is -4.45. The van der Waals surface area contributed by atoms with Crippen LogP contribution in [0.3, 0.4) is 0 Å². The van der Waals surface area contributed by atoms with E-state index in [4.69, 9.17) is 23.2 Å². The molecule has 4 nitrogen and oxygen atoms in total. The highest BCUT2D eigenvalue weighted by Crippen LogP contribution is 2.28. The molecule has 1 atom stereocenters. The first-order chi connectivity index (χ1) is 8.20. The molecule has 102 valence electrons. The molecule has 18 heavy (non-hydrogen) atoms. The summed E-state index contributed by atoms with van der Waals surface area (Å²) < 4.78 is 43.6. The molecular weight excluding hydrogens is 316 g/mol.